The normalized spacial score (nSPS) is 13.8. The number of ether oxygens (including phenoxy) is 3. The van der Waals surface area contributed by atoms with Crippen molar-refractivity contribution in [1.82, 2.24) is 14.7 Å². The summed E-state index contributed by atoms with van der Waals surface area (Å²) in [5.74, 6) is 2.11. The zero-order chi connectivity index (χ0) is 26.2. The molecule has 3 aromatic rings. The zero-order valence-corrected chi connectivity index (χ0v) is 21.9. The minimum absolute atomic E-state index is 0.0820. The van der Waals surface area contributed by atoms with E-state index in [9.17, 15) is 9.90 Å². The van der Waals surface area contributed by atoms with E-state index in [1.54, 1.807) is 13.2 Å². The van der Waals surface area contributed by atoms with Crippen molar-refractivity contribution in [2.45, 2.75) is 59.4 Å². The van der Waals surface area contributed by atoms with Crippen LogP contribution in [0.1, 0.15) is 60.7 Å². The van der Waals surface area contributed by atoms with E-state index in [0.717, 1.165) is 16.7 Å². The van der Waals surface area contributed by atoms with Gasteiger partial charge in [0.25, 0.3) is 5.65 Å². The molecular weight excluding hydrogens is 462 g/mol. The molecule has 0 amide bonds. The van der Waals surface area contributed by atoms with Crippen molar-refractivity contribution in [3.8, 4) is 17.4 Å². The number of aryl methyl sites for hydroxylation is 1. The lowest BCUT2D eigenvalue weighted by Crippen LogP contribution is -2.42. The van der Waals surface area contributed by atoms with Gasteiger partial charge in [0.15, 0.2) is 23.8 Å². The predicted octanol–water partition coefficient (Wildman–Crippen LogP) is 2.56. The number of hydrogen-bond acceptors (Lipinski definition) is 8. The molecule has 3 N–H and O–H groups in total. The van der Waals surface area contributed by atoms with Crippen LogP contribution in [0.25, 0.3) is 5.65 Å². The number of nitrogen functional groups attached to an aromatic ring is 1. The van der Waals surface area contributed by atoms with E-state index in [1.165, 1.54) is 22.0 Å². The maximum Gasteiger partial charge on any atom is 0.401 e. The van der Waals surface area contributed by atoms with Crippen LogP contribution in [0.4, 0.5) is 5.95 Å². The average molecular weight is 499 g/mol. The van der Waals surface area contributed by atoms with Gasteiger partial charge in [-0.1, -0.05) is 35.5 Å². The van der Waals surface area contributed by atoms with Crippen LogP contribution in [-0.2, 0) is 12.0 Å². The van der Waals surface area contributed by atoms with Crippen LogP contribution in [0, 0.1) is 19.8 Å². The number of aliphatic hydroxyl groups excluding tert-OH is 1. The number of nitrogens with zero attached hydrogens (tertiary/aromatic N) is 4. The molecule has 0 saturated heterocycles. The van der Waals surface area contributed by atoms with Gasteiger partial charge in [-0.2, -0.15) is 0 Å². The van der Waals surface area contributed by atoms with Crippen LogP contribution >= 0.6 is 0 Å². The van der Waals surface area contributed by atoms with Gasteiger partial charge >= 0.3 is 5.95 Å². The van der Waals surface area contributed by atoms with Crippen molar-refractivity contribution in [2.24, 2.45) is 5.92 Å². The van der Waals surface area contributed by atoms with E-state index < -0.39 is 0 Å². The van der Waals surface area contributed by atoms with E-state index in [4.69, 9.17) is 19.9 Å². The Hall–Kier alpha value is -3.40. The molecule has 2 heterocycles. The van der Waals surface area contributed by atoms with Crippen molar-refractivity contribution in [3.63, 3.8) is 0 Å². The van der Waals surface area contributed by atoms with Crippen LogP contribution < -0.4 is 24.6 Å². The second kappa shape index (κ2) is 9.93. The van der Waals surface area contributed by atoms with Crippen molar-refractivity contribution < 1.29 is 28.8 Å². The lowest BCUT2D eigenvalue weighted by molar-refractivity contribution is -0.723. The molecule has 4 rings (SSSR count). The fraction of sp³-hybridized carbons (Fsp3) is 0.538. The largest absolute Gasteiger partial charge is 0.493 e. The first-order valence-corrected chi connectivity index (χ1v) is 12.2. The molecule has 1 aromatic carbocycles. The van der Waals surface area contributed by atoms with Crippen LogP contribution in [0.5, 0.6) is 17.4 Å². The summed E-state index contributed by atoms with van der Waals surface area (Å²) in [4.78, 5) is 13.4. The van der Waals surface area contributed by atoms with Crippen LogP contribution in [0.3, 0.4) is 0 Å². The number of anilines is 1. The van der Waals surface area contributed by atoms with Gasteiger partial charge in [-0.25, -0.2) is 0 Å². The third-order valence-electron chi connectivity index (χ3n) is 6.49. The van der Waals surface area contributed by atoms with E-state index in [-0.39, 0.29) is 36.9 Å². The third-order valence-corrected chi connectivity index (χ3v) is 6.49. The lowest BCUT2D eigenvalue weighted by atomic mass is 9.84. The second-order valence-electron chi connectivity index (χ2n) is 10.4. The molecule has 36 heavy (non-hydrogen) atoms. The molecule has 10 nitrogen and oxygen atoms in total. The van der Waals surface area contributed by atoms with Gasteiger partial charge in [0.2, 0.25) is 5.88 Å². The van der Waals surface area contributed by atoms with Crippen LogP contribution in [0.15, 0.2) is 12.1 Å². The minimum atomic E-state index is -0.316. The number of ketones is 1. The third kappa shape index (κ3) is 5.09. The summed E-state index contributed by atoms with van der Waals surface area (Å²) in [6, 6.07) is 3.45. The lowest BCUT2D eigenvalue weighted by Gasteiger charge is -2.24. The Balaban J connectivity index is 1.69. The van der Waals surface area contributed by atoms with Gasteiger partial charge in [-0.3, -0.25) is 10.5 Å². The fourth-order valence-electron chi connectivity index (χ4n) is 4.01. The Morgan fingerprint density at radius 1 is 1.22 bits per heavy atom. The Labute approximate surface area is 211 Å². The van der Waals surface area contributed by atoms with Gasteiger partial charge in [0.05, 0.1) is 20.3 Å². The molecule has 0 radical (unpaired) electrons. The van der Waals surface area contributed by atoms with Crippen molar-refractivity contribution >= 4 is 17.4 Å². The molecule has 194 valence electrons. The van der Waals surface area contributed by atoms with Gasteiger partial charge in [0.1, 0.15) is 6.61 Å². The highest BCUT2D eigenvalue weighted by atomic mass is 16.5. The summed E-state index contributed by atoms with van der Waals surface area (Å²) in [6.45, 7) is 10.5. The first-order chi connectivity index (χ1) is 17.0. The average Bonchev–Trinajstić information content (AvgIpc) is 3.62. The molecule has 0 atom stereocenters. The standard InChI is InChI=1S/C26H35N5O5/c1-15-16(2)24(36-14-17-7-8-17)29-31-23(15)28-30(25(31)27)13-20(33)18-11-19(26(3,4)5)22(34-6)21(12-18)35-10-9-32/h11-12,17,27,32H,7-10,13-14H2,1-6H3/p+1. The number of aromatic nitrogens is 4. The van der Waals surface area contributed by atoms with Crippen molar-refractivity contribution in [3.05, 3.63) is 34.4 Å². The Morgan fingerprint density at radius 2 is 1.94 bits per heavy atom. The van der Waals surface area contributed by atoms with E-state index in [0.29, 0.717) is 41.1 Å². The number of nitrogens with two attached hydrogens (primary N) is 1. The quantitative estimate of drug-likeness (QED) is 0.323. The molecule has 0 bridgehead atoms. The van der Waals surface area contributed by atoms with E-state index >= 15 is 0 Å². The monoisotopic (exact) mass is 498 g/mol. The second-order valence-corrected chi connectivity index (χ2v) is 10.4. The SMILES string of the molecule is COc1c(OCCO)cc(C(=O)C[n+]2nc3c(C)c(C)c(OCC4CC4)nn3c2N)cc1C(C)(C)C. The highest BCUT2D eigenvalue weighted by molar-refractivity contribution is 5.96. The molecule has 0 unspecified atom stereocenters. The number of rotatable bonds is 10. The van der Waals surface area contributed by atoms with Crippen molar-refractivity contribution in [2.75, 3.05) is 32.7 Å². The van der Waals surface area contributed by atoms with Crippen LogP contribution in [0.2, 0.25) is 0 Å². The molecule has 10 heteroatoms. The first kappa shape index (κ1) is 25.7. The molecule has 2 aromatic heterocycles. The number of hydrogen-bond donors (Lipinski definition) is 2. The molecule has 1 fully saturated rings. The number of aliphatic hydroxyl groups is 1. The van der Waals surface area contributed by atoms with E-state index in [1.807, 2.05) is 40.7 Å². The van der Waals surface area contributed by atoms with Gasteiger partial charge in [-0.15, -0.1) is 4.68 Å². The summed E-state index contributed by atoms with van der Waals surface area (Å²) in [7, 11) is 1.56. The van der Waals surface area contributed by atoms with Crippen LogP contribution in [-0.4, -0.2) is 52.5 Å². The zero-order valence-electron chi connectivity index (χ0n) is 21.9. The molecule has 0 spiro atoms. The smallest absolute Gasteiger partial charge is 0.401 e. The van der Waals surface area contributed by atoms with E-state index in [2.05, 4.69) is 10.2 Å². The summed E-state index contributed by atoms with van der Waals surface area (Å²) < 4.78 is 20.2. The maximum absolute atomic E-state index is 13.4. The maximum atomic E-state index is 13.4. The number of benzene rings is 1. The summed E-state index contributed by atoms with van der Waals surface area (Å²) in [5, 5.41) is 18.4. The van der Waals surface area contributed by atoms with Gasteiger partial charge in [-0.05, 0) is 50.2 Å². The predicted molar refractivity (Wildman–Crippen MR) is 134 cm³/mol. The molecule has 1 aliphatic rings. The topological polar surface area (TPSA) is 125 Å². The van der Waals surface area contributed by atoms with Gasteiger partial charge in [0, 0.05) is 22.3 Å². The highest BCUT2D eigenvalue weighted by Crippen LogP contribution is 2.40. The summed E-state index contributed by atoms with van der Waals surface area (Å²) in [5.41, 5.74) is 9.70. The fourth-order valence-corrected chi connectivity index (χ4v) is 4.01. The Morgan fingerprint density at radius 3 is 2.56 bits per heavy atom. The summed E-state index contributed by atoms with van der Waals surface area (Å²) >= 11 is 0. The number of methoxy groups -OCH3 is 1. The molecule has 0 aliphatic heterocycles. The first-order valence-electron chi connectivity index (χ1n) is 12.2. The number of Topliss-reactive ketones (excluding diaryl/α,β-unsaturated/α-hetero) is 1. The van der Waals surface area contributed by atoms with Crippen molar-refractivity contribution in [1.29, 1.82) is 0 Å². The van der Waals surface area contributed by atoms with Gasteiger partial charge < -0.3 is 19.3 Å². The number of carbonyl (C=O) groups excluding carboxylic acids is 1. The Bertz CT molecular complexity index is 1290. The molecule has 1 saturated carbocycles. The minimum Gasteiger partial charge on any atom is -0.493 e. The number of carbonyl (C=O) groups is 1. The molecule has 1 aliphatic carbocycles. The summed E-state index contributed by atoms with van der Waals surface area (Å²) in [6.07, 6.45) is 2.37. The number of fused-ring (bicyclic) bond motifs is 1. The Kier molecular flexibility index (Phi) is 7.08. The highest BCUT2D eigenvalue weighted by Gasteiger charge is 2.29. The molecular formula is C26H36N5O5+.